The van der Waals surface area contributed by atoms with Crippen molar-refractivity contribution in [2.45, 2.75) is 71.0 Å². The third-order valence-corrected chi connectivity index (χ3v) is 11.3. The summed E-state index contributed by atoms with van der Waals surface area (Å²) in [5.41, 5.74) is 0. The lowest BCUT2D eigenvalue weighted by atomic mass is 9.87. The molecule has 0 saturated heterocycles. The predicted octanol–water partition coefficient (Wildman–Crippen LogP) is 4.04. The molecule has 0 spiro atoms. The molecule has 0 unspecified atom stereocenters. The molecule has 0 bridgehead atoms. The van der Waals surface area contributed by atoms with Gasteiger partial charge in [-0.25, -0.2) is 0 Å². The summed E-state index contributed by atoms with van der Waals surface area (Å²) >= 11 is 0. The summed E-state index contributed by atoms with van der Waals surface area (Å²) in [6, 6.07) is 3.21. The van der Waals surface area contributed by atoms with E-state index in [1.807, 2.05) is 0 Å². The average molecular weight is 269 g/mol. The molecule has 1 rings (SSSR count). The van der Waals surface area contributed by atoms with Gasteiger partial charge in [0.1, 0.15) is 16.5 Å². The fraction of sp³-hybridized carbons (Fsp3) is 0.923. The molecular weight excluding hydrogens is 240 g/mol. The summed E-state index contributed by atoms with van der Waals surface area (Å²) < 4.78 is 2.92. The Kier molecular flexibility index (Phi) is 4.62. The van der Waals surface area contributed by atoms with E-state index in [1.165, 1.54) is 12.8 Å². The predicted molar refractivity (Wildman–Crippen MR) is 79.9 cm³/mol. The highest BCUT2D eigenvalue weighted by molar-refractivity contribution is 6.89. The summed E-state index contributed by atoms with van der Waals surface area (Å²) in [4.78, 5) is 0. The van der Waals surface area contributed by atoms with Crippen LogP contribution in [0.4, 0.5) is 0 Å². The maximum atomic E-state index is 8.99. The van der Waals surface area contributed by atoms with Gasteiger partial charge in [0, 0.05) is 5.92 Å². The molecule has 0 aromatic carbocycles. The van der Waals surface area contributed by atoms with Crippen LogP contribution >= 0.6 is 0 Å². The first kappa shape index (κ1) is 14.9. The zero-order valence-corrected chi connectivity index (χ0v) is 14.4. The van der Waals surface area contributed by atoms with Gasteiger partial charge in [0.2, 0.25) is 0 Å². The van der Waals surface area contributed by atoms with Gasteiger partial charge in [-0.1, -0.05) is 39.3 Å². The van der Waals surface area contributed by atoms with Crippen LogP contribution in [0.15, 0.2) is 0 Å². The van der Waals surface area contributed by atoms with Gasteiger partial charge in [-0.3, -0.25) is 0 Å². The monoisotopic (exact) mass is 268 g/mol. The Morgan fingerprint density at radius 2 is 1.29 bits per heavy atom. The van der Waals surface area contributed by atoms with Gasteiger partial charge >= 0.3 is 0 Å². The van der Waals surface area contributed by atoms with Crippen LogP contribution in [0.25, 0.3) is 0 Å². The van der Waals surface area contributed by atoms with Crippen molar-refractivity contribution in [3.63, 3.8) is 0 Å². The zero-order valence-electron chi connectivity index (χ0n) is 12.4. The average Bonchev–Trinajstić information content (AvgIpc) is 2.14. The van der Waals surface area contributed by atoms with Gasteiger partial charge in [0.15, 0.2) is 0 Å². The Balaban J connectivity index is 2.78. The Hall–Kier alpha value is -0.116. The molecule has 0 aliphatic heterocycles. The van der Waals surface area contributed by atoms with E-state index in [4.69, 9.17) is 5.26 Å². The van der Waals surface area contributed by atoms with Gasteiger partial charge in [-0.15, -0.1) is 0 Å². The molecule has 0 aromatic heterocycles. The molecule has 0 radical (unpaired) electrons. The second-order valence-corrected chi connectivity index (χ2v) is 17.4. The number of rotatable bonds is 3. The van der Waals surface area contributed by atoms with Crippen molar-refractivity contribution >= 4 is 16.5 Å². The first-order chi connectivity index (χ1) is 7.66. The highest BCUT2D eigenvalue weighted by Gasteiger charge is 2.40. The quantitative estimate of drug-likeness (QED) is 0.722. The van der Waals surface area contributed by atoms with Gasteiger partial charge in [-0.05, 0) is 31.7 Å². The maximum absolute atomic E-state index is 8.99. The van der Waals surface area contributed by atoms with Crippen molar-refractivity contribution in [2.75, 3.05) is 0 Å². The van der Waals surface area contributed by atoms with E-state index in [-0.39, 0.29) is 0 Å². The first-order valence-corrected chi connectivity index (χ1v) is 13.7. The first-order valence-electron chi connectivity index (χ1n) is 6.85. The lowest BCUT2D eigenvalue weighted by molar-refractivity contribution is 0.292. The minimum atomic E-state index is -1.23. The van der Waals surface area contributed by atoms with E-state index >= 15 is 0 Å². The van der Waals surface area contributed by atoms with Crippen molar-refractivity contribution in [3.8, 4) is 6.07 Å². The molecule has 1 aliphatic rings. The van der Waals surface area contributed by atoms with E-state index in [2.05, 4.69) is 49.6 Å². The number of hydrogen-bond donors (Lipinski definition) is 0. The van der Waals surface area contributed by atoms with Gasteiger partial charge in [0.25, 0.3) is 0 Å². The lowest BCUT2D eigenvalue weighted by Crippen LogP contribution is -2.63. The Morgan fingerprint density at radius 3 is 1.59 bits per heavy atom. The zero-order chi connectivity index (χ0) is 13.3. The molecular formula is C13H28N2Si2. The largest absolute Gasteiger partial charge is 0.343 e. The third kappa shape index (κ3) is 3.94. The van der Waals surface area contributed by atoms with E-state index in [0.29, 0.717) is 5.92 Å². The van der Waals surface area contributed by atoms with Crippen LogP contribution in [0.3, 0.4) is 0 Å². The van der Waals surface area contributed by atoms with E-state index in [0.717, 1.165) is 18.9 Å². The fourth-order valence-corrected chi connectivity index (χ4v) is 14.3. The highest BCUT2D eigenvalue weighted by atomic mass is 28.4. The smallest absolute Gasteiger partial charge is 0.112 e. The minimum Gasteiger partial charge on any atom is -0.343 e. The molecule has 0 heterocycles. The van der Waals surface area contributed by atoms with Crippen LogP contribution in [0.5, 0.6) is 0 Å². The number of nitrogens with zero attached hydrogens (tertiary/aromatic N) is 2. The van der Waals surface area contributed by atoms with Crippen LogP contribution in [0.2, 0.25) is 39.3 Å². The Bertz CT molecular complexity index is 274. The second kappa shape index (κ2) is 5.25. The van der Waals surface area contributed by atoms with Gasteiger partial charge in [-0.2, -0.15) is 5.26 Å². The minimum absolute atomic E-state index is 0.330. The summed E-state index contributed by atoms with van der Waals surface area (Å²) in [6.45, 7) is 14.8. The Morgan fingerprint density at radius 1 is 0.882 bits per heavy atom. The summed E-state index contributed by atoms with van der Waals surface area (Å²) in [7, 11) is -2.46. The van der Waals surface area contributed by atoms with Crippen molar-refractivity contribution in [1.82, 2.24) is 4.23 Å². The van der Waals surface area contributed by atoms with Crippen LogP contribution in [-0.2, 0) is 0 Å². The van der Waals surface area contributed by atoms with Crippen molar-refractivity contribution in [2.24, 2.45) is 5.92 Å². The fourth-order valence-electron chi connectivity index (χ4n) is 3.56. The van der Waals surface area contributed by atoms with Crippen LogP contribution in [0, 0.1) is 17.2 Å². The van der Waals surface area contributed by atoms with Crippen LogP contribution in [-0.4, -0.2) is 26.7 Å². The normalized spacial score (nSPS) is 26.9. The topological polar surface area (TPSA) is 27.0 Å². The molecule has 1 aliphatic carbocycles. The molecule has 0 N–H and O–H groups in total. The third-order valence-electron chi connectivity index (χ3n) is 3.69. The van der Waals surface area contributed by atoms with Crippen LogP contribution in [0.1, 0.15) is 25.7 Å². The molecule has 1 saturated carbocycles. The number of hydrogen-bond acceptors (Lipinski definition) is 2. The molecule has 0 atom stereocenters. The molecule has 4 heteroatoms. The second-order valence-electron chi connectivity index (χ2n) is 7.35. The van der Waals surface area contributed by atoms with Gasteiger partial charge < -0.3 is 4.23 Å². The SMILES string of the molecule is C[Si](C)(C)N(C1CCC(C#N)CC1)[Si](C)(C)C. The van der Waals surface area contributed by atoms with E-state index in [1.54, 1.807) is 0 Å². The summed E-state index contributed by atoms with van der Waals surface area (Å²) in [5, 5.41) is 8.99. The standard InChI is InChI=1S/C13H28N2Si2/c1-16(2,3)15(17(4,5)6)13-9-7-12(11-14)8-10-13/h12-13H,7-10H2,1-6H3. The Labute approximate surface area is 109 Å². The van der Waals surface area contributed by atoms with Crippen molar-refractivity contribution in [3.05, 3.63) is 0 Å². The molecule has 17 heavy (non-hydrogen) atoms. The number of nitriles is 1. The van der Waals surface area contributed by atoms with Crippen LogP contribution < -0.4 is 0 Å². The summed E-state index contributed by atoms with van der Waals surface area (Å²) in [5.74, 6) is 0.330. The summed E-state index contributed by atoms with van der Waals surface area (Å²) in [6.07, 6.45) is 4.72. The van der Waals surface area contributed by atoms with Gasteiger partial charge in [0.05, 0.1) is 6.07 Å². The maximum Gasteiger partial charge on any atom is 0.112 e. The lowest BCUT2D eigenvalue weighted by Gasteiger charge is -2.50. The van der Waals surface area contributed by atoms with Crippen molar-refractivity contribution in [1.29, 1.82) is 5.26 Å². The molecule has 0 amide bonds. The molecule has 0 aromatic rings. The van der Waals surface area contributed by atoms with E-state index < -0.39 is 16.5 Å². The molecule has 1 fully saturated rings. The van der Waals surface area contributed by atoms with E-state index in [9.17, 15) is 0 Å². The molecule has 2 nitrogen and oxygen atoms in total. The van der Waals surface area contributed by atoms with Crippen molar-refractivity contribution < 1.29 is 0 Å². The highest BCUT2D eigenvalue weighted by Crippen LogP contribution is 2.33. The molecule has 98 valence electrons.